The highest BCUT2D eigenvalue weighted by molar-refractivity contribution is 9.10. The van der Waals surface area contributed by atoms with Crippen molar-refractivity contribution < 1.29 is 4.79 Å². The van der Waals surface area contributed by atoms with Gasteiger partial charge in [0.05, 0.1) is 12.1 Å². The Kier molecular flexibility index (Phi) is 3.75. The number of hydrogen-bond donors (Lipinski definition) is 1. The van der Waals surface area contributed by atoms with Crippen molar-refractivity contribution in [2.24, 2.45) is 0 Å². The van der Waals surface area contributed by atoms with E-state index in [9.17, 15) is 4.79 Å². The van der Waals surface area contributed by atoms with Crippen LogP contribution in [0.15, 0.2) is 53.3 Å². The molecule has 0 aliphatic rings. The second kappa shape index (κ2) is 5.69. The molecule has 0 fully saturated rings. The topological polar surface area (TPSA) is 46.4 Å². The lowest BCUT2D eigenvalue weighted by Gasteiger charge is -2.06. The number of pyridine rings is 1. The molecule has 1 N–H and O–H groups in total. The Morgan fingerprint density at radius 2 is 2.05 bits per heavy atom. The standard InChI is InChI=1S/C16H14BrN3O/c1-11-4-2-3-5-14(11)19-16(21)8-13-10-20-9-12(17)6-7-15(20)18-13/h2-7,9-10H,8H2,1H3,(H,19,21). The lowest BCUT2D eigenvalue weighted by Crippen LogP contribution is -2.15. The van der Waals surface area contributed by atoms with Gasteiger partial charge < -0.3 is 9.72 Å². The maximum atomic E-state index is 12.1. The van der Waals surface area contributed by atoms with Crippen LogP contribution in [0.25, 0.3) is 5.65 Å². The number of carbonyl (C=O) groups is 1. The first-order chi connectivity index (χ1) is 10.1. The van der Waals surface area contributed by atoms with Gasteiger partial charge in [-0.15, -0.1) is 0 Å². The maximum Gasteiger partial charge on any atom is 0.230 e. The van der Waals surface area contributed by atoms with Crippen LogP contribution in [0.5, 0.6) is 0 Å². The molecule has 0 spiro atoms. The molecule has 3 rings (SSSR count). The molecule has 0 bridgehead atoms. The van der Waals surface area contributed by atoms with E-state index in [0.717, 1.165) is 27.1 Å². The van der Waals surface area contributed by atoms with E-state index >= 15 is 0 Å². The molecule has 0 saturated carbocycles. The molecule has 0 unspecified atom stereocenters. The van der Waals surface area contributed by atoms with Gasteiger partial charge >= 0.3 is 0 Å². The van der Waals surface area contributed by atoms with Gasteiger partial charge in [0.15, 0.2) is 0 Å². The highest BCUT2D eigenvalue weighted by Gasteiger charge is 2.09. The predicted octanol–water partition coefficient (Wildman–Crippen LogP) is 3.59. The Morgan fingerprint density at radius 1 is 1.24 bits per heavy atom. The third-order valence-electron chi connectivity index (χ3n) is 3.23. The van der Waals surface area contributed by atoms with Crippen molar-refractivity contribution in [3.8, 4) is 0 Å². The van der Waals surface area contributed by atoms with Crippen molar-refractivity contribution in [2.45, 2.75) is 13.3 Å². The summed E-state index contributed by atoms with van der Waals surface area (Å²) >= 11 is 3.42. The molecule has 2 aromatic heterocycles. The Hall–Kier alpha value is -2.14. The third-order valence-corrected chi connectivity index (χ3v) is 3.69. The molecule has 0 aliphatic heterocycles. The second-order valence-electron chi connectivity index (χ2n) is 4.88. The quantitative estimate of drug-likeness (QED) is 0.789. The van der Waals surface area contributed by atoms with Crippen molar-refractivity contribution in [3.63, 3.8) is 0 Å². The first-order valence-corrected chi connectivity index (χ1v) is 7.40. The van der Waals surface area contributed by atoms with Crippen molar-refractivity contribution in [1.29, 1.82) is 0 Å². The van der Waals surface area contributed by atoms with Crippen molar-refractivity contribution >= 4 is 33.2 Å². The van der Waals surface area contributed by atoms with Crippen LogP contribution in [-0.2, 0) is 11.2 Å². The average Bonchev–Trinajstić information content (AvgIpc) is 2.82. The molecule has 21 heavy (non-hydrogen) atoms. The molecule has 0 atom stereocenters. The van der Waals surface area contributed by atoms with Gasteiger partial charge in [0.1, 0.15) is 5.65 Å². The average molecular weight is 344 g/mol. The SMILES string of the molecule is Cc1ccccc1NC(=O)Cc1cn2cc(Br)ccc2n1. The number of benzene rings is 1. The molecule has 0 radical (unpaired) electrons. The Labute approximate surface area is 131 Å². The number of aromatic nitrogens is 2. The third kappa shape index (κ3) is 3.13. The molecule has 1 amide bonds. The molecule has 1 aromatic carbocycles. The molecular formula is C16H14BrN3O. The van der Waals surface area contributed by atoms with Gasteiger partial charge in [0, 0.05) is 22.6 Å². The van der Waals surface area contributed by atoms with Crippen molar-refractivity contribution in [2.75, 3.05) is 5.32 Å². The minimum Gasteiger partial charge on any atom is -0.326 e. The van der Waals surface area contributed by atoms with Gasteiger partial charge in [-0.2, -0.15) is 0 Å². The fourth-order valence-electron chi connectivity index (χ4n) is 2.17. The first kappa shape index (κ1) is 13.8. The van der Waals surface area contributed by atoms with E-state index in [4.69, 9.17) is 0 Å². The van der Waals surface area contributed by atoms with Crippen LogP contribution >= 0.6 is 15.9 Å². The number of fused-ring (bicyclic) bond motifs is 1. The van der Waals surface area contributed by atoms with E-state index in [1.54, 1.807) is 0 Å². The summed E-state index contributed by atoms with van der Waals surface area (Å²) in [6.07, 6.45) is 4.05. The Balaban J connectivity index is 1.75. The molecule has 3 aromatic rings. The van der Waals surface area contributed by atoms with Crippen LogP contribution < -0.4 is 5.32 Å². The molecule has 2 heterocycles. The second-order valence-corrected chi connectivity index (χ2v) is 5.80. The first-order valence-electron chi connectivity index (χ1n) is 6.60. The number of nitrogens with zero attached hydrogens (tertiary/aromatic N) is 2. The largest absolute Gasteiger partial charge is 0.326 e. The molecule has 0 saturated heterocycles. The number of amides is 1. The summed E-state index contributed by atoms with van der Waals surface area (Å²) in [4.78, 5) is 16.5. The zero-order valence-electron chi connectivity index (χ0n) is 11.5. The van der Waals surface area contributed by atoms with E-state index in [-0.39, 0.29) is 12.3 Å². The number of halogens is 1. The monoisotopic (exact) mass is 343 g/mol. The molecule has 0 aliphatic carbocycles. The van der Waals surface area contributed by atoms with Crippen LogP contribution in [-0.4, -0.2) is 15.3 Å². The van der Waals surface area contributed by atoms with Crippen LogP contribution in [0, 0.1) is 6.92 Å². The number of anilines is 1. The molecule has 4 nitrogen and oxygen atoms in total. The molecular weight excluding hydrogens is 330 g/mol. The number of nitrogens with one attached hydrogen (secondary N) is 1. The minimum atomic E-state index is -0.0632. The van der Waals surface area contributed by atoms with Gasteiger partial charge in [-0.1, -0.05) is 18.2 Å². The fraction of sp³-hybridized carbons (Fsp3) is 0.125. The number of aryl methyl sites for hydroxylation is 1. The van der Waals surface area contributed by atoms with Crippen molar-refractivity contribution in [1.82, 2.24) is 9.38 Å². The molecule has 106 valence electrons. The summed E-state index contributed by atoms with van der Waals surface area (Å²) in [5.74, 6) is -0.0632. The summed E-state index contributed by atoms with van der Waals surface area (Å²) in [6, 6.07) is 11.6. The van der Waals surface area contributed by atoms with Gasteiger partial charge in [-0.25, -0.2) is 4.98 Å². The number of carbonyl (C=O) groups excluding carboxylic acids is 1. The summed E-state index contributed by atoms with van der Waals surface area (Å²) in [7, 11) is 0. The molecule has 5 heteroatoms. The van der Waals surface area contributed by atoms with Gasteiger partial charge in [0.2, 0.25) is 5.91 Å². The van der Waals surface area contributed by atoms with E-state index in [0.29, 0.717) is 0 Å². The maximum absolute atomic E-state index is 12.1. The number of para-hydroxylation sites is 1. The lowest BCUT2D eigenvalue weighted by atomic mass is 10.2. The summed E-state index contributed by atoms with van der Waals surface area (Å²) in [5, 5.41) is 2.92. The van der Waals surface area contributed by atoms with Crippen molar-refractivity contribution in [3.05, 3.63) is 64.5 Å². The van der Waals surface area contributed by atoms with Crippen LogP contribution in [0.1, 0.15) is 11.3 Å². The summed E-state index contributed by atoms with van der Waals surface area (Å²) < 4.78 is 2.88. The predicted molar refractivity (Wildman–Crippen MR) is 86.4 cm³/mol. The van der Waals surface area contributed by atoms with Crippen LogP contribution in [0.4, 0.5) is 5.69 Å². The summed E-state index contributed by atoms with van der Waals surface area (Å²) in [6.45, 7) is 1.97. The fourth-order valence-corrected chi connectivity index (χ4v) is 2.53. The van der Waals surface area contributed by atoms with Gasteiger partial charge in [-0.05, 0) is 46.6 Å². The van der Waals surface area contributed by atoms with Gasteiger partial charge in [0.25, 0.3) is 0 Å². The van der Waals surface area contributed by atoms with E-state index < -0.39 is 0 Å². The highest BCUT2D eigenvalue weighted by Crippen LogP contribution is 2.15. The zero-order chi connectivity index (χ0) is 14.8. The van der Waals surface area contributed by atoms with E-state index in [2.05, 4.69) is 26.2 Å². The minimum absolute atomic E-state index is 0.0632. The van der Waals surface area contributed by atoms with E-state index in [1.807, 2.05) is 60.1 Å². The smallest absolute Gasteiger partial charge is 0.230 e. The van der Waals surface area contributed by atoms with Crippen LogP contribution in [0.2, 0.25) is 0 Å². The zero-order valence-corrected chi connectivity index (χ0v) is 13.1. The lowest BCUT2D eigenvalue weighted by molar-refractivity contribution is -0.115. The number of imidazole rings is 1. The Bertz CT molecular complexity index is 810. The highest BCUT2D eigenvalue weighted by atomic mass is 79.9. The number of hydrogen-bond acceptors (Lipinski definition) is 2. The Morgan fingerprint density at radius 3 is 2.86 bits per heavy atom. The summed E-state index contributed by atoms with van der Waals surface area (Å²) in [5.41, 5.74) is 3.47. The van der Waals surface area contributed by atoms with E-state index in [1.165, 1.54) is 0 Å². The normalized spacial score (nSPS) is 10.8. The van der Waals surface area contributed by atoms with Gasteiger partial charge in [-0.3, -0.25) is 4.79 Å². The van der Waals surface area contributed by atoms with Crippen LogP contribution in [0.3, 0.4) is 0 Å². The number of rotatable bonds is 3.